The second-order valence-corrected chi connectivity index (χ2v) is 4.95. The number of nitrogens with two attached hydrogens (primary N) is 1. The first-order valence-corrected chi connectivity index (χ1v) is 5.76. The third-order valence-electron chi connectivity index (χ3n) is 2.73. The van der Waals surface area contributed by atoms with Crippen LogP contribution in [0.1, 0.15) is 28.1 Å². The quantitative estimate of drug-likeness (QED) is 0.683. The maximum Gasteiger partial charge on any atom is 0.249 e. The number of thiophene rings is 1. The molecule has 1 heterocycles. The average molecular weight is 226 g/mol. The van der Waals surface area contributed by atoms with Gasteiger partial charge in [0, 0.05) is 22.3 Å². The van der Waals surface area contributed by atoms with E-state index in [2.05, 4.69) is 5.32 Å². The van der Waals surface area contributed by atoms with Crippen molar-refractivity contribution in [3.05, 3.63) is 21.9 Å². The minimum Gasteiger partial charge on any atom is -0.394 e. The highest BCUT2D eigenvalue weighted by atomic mass is 32.1. The molecule has 1 saturated carbocycles. The zero-order valence-electron chi connectivity index (χ0n) is 8.32. The summed E-state index contributed by atoms with van der Waals surface area (Å²) in [4.78, 5) is 11.9. The molecule has 0 saturated heterocycles. The van der Waals surface area contributed by atoms with Crippen LogP contribution >= 0.6 is 11.3 Å². The highest BCUT2D eigenvalue weighted by Gasteiger charge is 2.41. The van der Waals surface area contributed by atoms with Crippen LogP contribution in [0.2, 0.25) is 0 Å². The number of nitrogens with one attached hydrogen (secondary N) is 1. The van der Waals surface area contributed by atoms with Crippen LogP contribution in [0.25, 0.3) is 0 Å². The maximum atomic E-state index is 10.9. The Morgan fingerprint density at radius 2 is 2.40 bits per heavy atom. The Morgan fingerprint density at radius 3 is 2.87 bits per heavy atom. The van der Waals surface area contributed by atoms with Gasteiger partial charge < -0.3 is 16.2 Å². The van der Waals surface area contributed by atoms with Crippen LogP contribution in [0.15, 0.2) is 11.4 Å². The fourth-order valence-corrected chi connectivity index (χ4v) is 2.23. The van der Waals surface area contributed by atoms with Crippen LogP contribution in [0.5, 0.6) is 0 Å². The van der Waals surface area contributed by atoms with Crippen LogP contribution in [0.3, 0.4) is 0 Å². The Balaban J connectivity index is 1.91. The van der Waals surface area contributed by atoms with Crippen molar-refractivity contribution in [2.45, 2.75) is 24.9 Å². The molecule has 1 aromatic heterocycles. The average Bonchev–Trinajstić information content (AvgIpc) is 2.85. The van der Waals surface area contributed by atoms with Gasteiger partial charge in [-0.15, -0.1) is 11.3 Å². The SMILES string of the molecule is NC(=O)c1csc(CNC2(CO)CC2)c1. The van der Waals surface area contributed by atoms with Gasteiger partial charge >= 0.3 is 0 Å². The van der Waals surface area contributed by atoms with Gasteiger partial charge in [-0.25, -0.2) is 0 Å². The molecule has 4 N–H and O–H groups in total. The minimum absolute atomic E-state index is 0.0587. The highest BCUT2D eigenvalue weighted by Crippen LogP contribution is 2.35. The number of aliphatic hydroxyl groups is 1. The topological polar surface area (TPSA) is 75.4 Å². The molecule has 0 bridgehead atoms. The van der Waals surface area contributed by atoms with Gasteiger partial charge in [-0.3, -0.25) is 4.79 Å². The summed E-state index contributed by atoms with van der Waals surface area (Å²) >= 11 is 1.51. The molecule has 15 heavy (non-hydrogen) atoms. The Hall–Kier alpha value is -0.910. The van der Waals surface area contributed by atoms with Crippen molar-refractivity contribution in [3.63, 3.8) is 0 Å². The molecule has 2 rings (SSSR count). The fraction of sp³-hybridized carbons (Fsp3) is 0.500. The van der Waals surface area contributed by atoms with Crippen LogP contribution in [-0.4, -0.2) is 23.2 Å². The summed E-state index contributed by atoms with van der Waals surface area (Å²) in [5.41, 5.74) is 5.66. The lowest BCUT2D eigenvalue weighted by molar-refractivity contribution is 0.100. The lowest BCUT2D eigenvalue weighted by Crippen LogP contribution is -2.33. The molecule has 82 valence electrons. The second-order valence-electron chi connectivity index (χ2n) is 3.96. The third kappa shape index (κ3) is 2.37. The van der Waals surface area contributed by atoms with Crippen LogP contribution in [0.4, 0.5) is 0 Å². The number of hydrogen-bond acceptors (Lipinski definition) is 4. The monoisotopic (exact) mass is 226 g/mol. The van der Waals surface area contributed by atoms with Gasteiger partial charge in [0.15, 0.2) is 0 Å². The first kappa shape index (κ1) is 10.6. The number of carbonyl (C=O) groups is 1. The van der Waals surface area contributed by atoms with E-state index >= 15 is 0 Å². The van der Waals surface area contributed by atoms with Crippen LogP contribution < -0.4 is 11.1 Å². The zero-order valence-corrected chi connectivity index (χ0v) is 9.14. The van der Waals surface area contributed by atoms with E-state index in [0.717, 1.165) is 17.7 Å². The second kappa shape index (κ2) is 3.92. The third-order valence-corrected chi connectivity index (χ3v) is 3.67. The lowest BCUT2D eigenvalue weighted by Gasteiger charge is -2.12. The fourth-order valence-electron chi connectivity index (χ4n) is 1.42. The zero-order chi connectivity index (χ0) is 10.9. The van der Waals surface area contributed by atoms with E-state index in [1.165, 1.54) is 11.3 Å². The van der Waals surface area contributed by atoms with Crippen LogP contribution in [0, 0.1) is 0 Å². The van der Waals surface area contributed by atoms with Gasteiger partial charge in [-0.2, -0.15) is 0 Å². The van der Waals surface area contributed by atoms with Gasteiger partial charge in [0.25, 0.3) is 0 Å². The molecule has 0 unspecified atom stereocenters. The normalized spacial score (nSPS) is 17.7. The molecule has 0 radical (unpaired) electrons. The molecule has 0 spiro atoms. The van der Waals surface area contributed by atoms with E-state index in [1.807, 2.05) is 0 Å². The Bertz CT molecular complexity index is 371. The molecule has 1 aliphatic carbocycles. The van der Waals surface area contributed by atoms with E-state index in [9.17, 15) is 4.79 Å². The molecule has 0 aromatic carbocycles. The summed E-state index contributed by atoms with van der Waals surface area (Å²) in [6.07, 6.45) is 2.05. The van der Waals surface area contributed by atoms with Gasteiger partial charge in [0.2, 0.25) is 5.91 Å². The molecule has 1 amide bonds. The van der Waals surface area contributed by atoms with Crippen molar-refractivity contribution in [2.75, 3.05) is 6.61 Å². The van der Waals surface area contributed by atoms with E-state index in [1.54, 1.807) is 11.4 Å². The van der Waals surface area contributed by atoms with Gasteiger partial charge in [-0.1, -0.05) is 0 Å². The lowest BCUT2D eigenvalue weighted by atomic mass is 10.2. The predicted octanol–water partition coefficient (Wildman–Crippen LogP) is 0.461. The molecule has 5 heteroatoms. The number of aliphatic hydroxyl groups excluding tert-OH is 1. The number of primary amides is 1. The van der Waals surface area contributed by atoms with Crippen molar-refractivity contribution in [1.82, 2.24) is 5.32 Å². The standard InChI is InChI=1S/C10H14N2O2S/c11-9(14)7-3-8(15-5-7)4-12-10(6-13)1-2-10/h3,5,12-13H,1-2,4,6H2,(H2,11,14). The van der Waals surface area contributed by atoms with E-state index in [4.69, 9.17) is 10.8 Å². The van der Waals surface area contributed by atoms with E-state index in [-0.39, 0.29) is 18.1 Å². The molecule has 4 nitrogen and oxygen atoms in total. The Labute approximate surface area is 92.1 Å². The van der Waals surface area contributed by atoms with E-state index < -0.39 is 0 Å². The summed E-state index contributed by atoms with van der Waals surface area (Å²) in [6.45, 7) is 0.875. The number of hydrogen-bond donors (Lipinski definition) is 3. The first-order chi connectivity index (χ1) is 7.15. The predicted molar refractivity (Wildman–Crippen MR) is 58.7 cm³/mol. The summed E-state index contributed by atoms with van der Waals surface area (Å²) in [5.74, 6) is -0.388. The maximum absolute atomic E-state index is 10.9. The molecule has 0 aliphatic heterocycles. The molecule has 1 aliphatic rings. The van der Waals surface area contributed by atoms with Crippen molar-refractivity contribution >= 4 is 17.2 Å². The summed E-state index contributed by atoms with van der Waals surface area (Å²) in [7, 11) is 0. The molecular weight excluding hydrogens is 212 g/mol. The minimum atomic E-state index is -0.388. The van der Waals surface area contributed by atoms with Gasteiger partial charge in [-0.05, 0) is 18.9 Å². The highest BCUT2D eigenvalue weighted by molar-refractivity contribution is 7.10. The smallest absolute Gasteiger partial charge is 0.249 e. The van der Waals surface area contributed by atoms with Crippen LogP contribution in [-0.2, 0) is 6.54 Å². The first-order valence-electron chi connectivity index (χ1n) is 4.88. The van der Waals surface area contributed by atoms with Crippen molar-refractivity contribution in [3.8, 4) is 0 Å². The molecule has 0 atom stereocenters. The molecule has 1 aromatic rings. The number of carbonyl (C=O) groups excluding carboxylic acids is 1. The van der Waals surface area contributed by atoms with Crippen molar-refractivity contribution in [2.24, 2.45) is 5.73 Å². The molecular formula is C10H14N2O2S. The van der Waals surface area contributed by atoms with E-state index in [0.29, 0.717) is 12.1 Å². The van der Waals surface area contributed by atoms with Gasteiger partial charge in [0.05, 0.1) is 12.2 Å². The Kier molecular flexibility index (Phi) is 2.77. The van der Waals surface area contributed by atoms with Crippen molar-refractivity contribution in [1.29, 1.82) is 0 Å². The summed E-state index contributed by atoms with van der Waals surface area (Å²) in [5, 5.41) is 14.2. The summed E-state index contributed by atoms with van der Waals surface area (Å²) < 4.78 is 0. The Morgan fingerprint density at radius 1 is 1.67 bits per heavy atom. The molecule has 1 fully saturated rings. The largest absolute Gasteiger partial charge is 0.394 e. The van der Waals surface area contributed by atoms with Gasteiger partial charge in [0.1, 0.15) is 0 Å². The summed E-state index contributed by atoms with van der Waals surface area (Å²) in [6, 6.07) is 1.80. The van der Waals surface area contributed by atoms with Crippen molar-refractivity contribution < 1.29 is 9.90 Å². The number of amides is 1. The number of rotatable bonds is 5.